The maximum Gasteiger partial charge on any atom is 0.262 e. The van der Waals surface area contributed by atoms with E-state index < -0.39 is 0 Å². The summed E-state index contributed by atoms with van der Waals surface area (Å²) in [6, 6.07) is 15.5. The number of aryl methyl sites for hydroxylation is 1. The van der Waals surface area contributed by atoms with E-state index in [1.807, 2.05) is 49.4 Å². The van der Waals surface area contributed by atoms with Crippen LogP contribution in [0.3, 0.4) is 0 Å². The molecule has 0 aliphatic carbocycles. The minimum atomic E-state index is -0.0836. The smallest absolute Gasteiger partial charge is 0.262 e. The van der Waals surface area contributed by atoms with Crippen LogP contribution in [0.5, 0.6) is 0 Å². The van der Waals surface area contributed by atoms with Crippen LogP contribution in [0.4, 0.5) is 0 Å². The predicted molar refractivity (Wildman–Crippen MR) is 121 cm³/mol. The molecule has 0 bridgehead atoms. The summed E-state index contributed by atoms with van der Waals surface area (Å²) in [6.45, 7) is 3.64. The van der Waals surface area contributed by atoms with Crippen LogP contribution in [0.1, 0.15) is 17.5 Å². The number of aromatic nitrogens is 2. The van der Waals surface area contributed by atoms with Gasteiger partial charge in [-0.05, 0) is 31.0 Å². The lowest BCUT2D eigenvalue weighted by molar-refractivity contribution is -0.127. The molecule has 0 aliphatic heterocycles. The molecule has 1 aromatic heterocycles. The number of benzene rings is 2. The van der Waals surface area contributed by atoms with Crippen molar-refractivity contribution in [3.63, 3.8) is 0 Å². The molecule has 7 heteroatoms. The number of hydrogen-bond acceptors (Lipinski definition) is 5. The summed E-state index contributed by atoms with van der Waals surface area (Å²) in [4.78, 5) is 32.0. The van der Waals surface area contributed by atoms with Crippen molar-refractivity contribution < 1.29 is 9.53 Å². The molecule has 0 unspecified atom stereocenters. The number of ether oxygens (including phenoxy) is 1. The van der Waals surface area contributed by atoms with Crippen molar-refractivity contribution in [2.45, 2.75) is 31.6 Å². The Labute approximate surface area is 180 Å². The summed E-state index contributed by atoms with van der Waals surface area (Å²) in [5.41, 5.74) is 2.84. The predicted octanol–water partition coefficient (Wildman–Crippen LogP) is 3.49. The molecule has 0 aliphatic rings. The quantitative estimate of drug-likeness (QED) is 0.298. The van der Waals surface area contributed by atoms with Crippen molar-refractivity contribution in [1.82, 2.24) is 14.5 Å². The molecule has 1 amide bonds. The maximum atomic E-state index is 13.0. The molecule has 1 heterocycles. The molecule has 158 valence electrons. The number of fused-ring (bicyclic) bond motifs is 1. The van der Waals surface area contributed by atoms with Crippen molar-refractivity contribution in [3.8, 4) is 0 Å². The Morgan fingerprint density at radius 2 is 1.90 bits per heavy atom. The second-order valence-corrected chi connectivity index (χ2v) is 8.18. The van der Waals surface area contributed by atoms with Crippen LogP contribution >= 0.6 is 11.8 Å². The molecule has 3 rings (SSSR count). The van der Waals surface area contributed by atoms with Gasteiger partial charge in [0.15, 0.2) is 5.16 Å². The molecule has 0 radical (unpaired) electrons. The van der Waals surface area contributed by atoms with Crippen molar-refractivity contribution in [2.24, 2.45) is 0 Å². The lowest BCUT2D eigenvalue weighted by Gasteiger charge is -2.18. The van der Waals surface area contributed by atoms with E-state index in [9.17, 15) is 9.59 Å². The summed E-state index contributed by atoms with van der Waals surface area (Å²) in [6.07, 6.45) is 0.700. The third-order valence-corrected chi connectivity index (χ3v) is 5.81. The number of carbonyl (C=O) groups excluding carboxylic acids is 1. The van der Waals surface area contributed by atoms with Gasteiger partial charge in [0.05, 0.1) is 16.7 Å². The molecule has 3 aromatic rings. The Hall–Kier alpha value is -2.64. The molecule has 0 fully saturated rings. The largest absolute Gasteiger partial charge is 0.385 e. The number of para-hydroxylation sites is 1. The van der Waals surface area contributed by atoms with E-state index >= 15 is 0 Å². The molecule has 30 heavy (non-hydrogen) atoms. The molecule has 0 atom stereocenters. The minimum absolute atomic E-state index is 0.00794. The second kappa shape index (κ2) is 10.4. The van der Waals surface area contributed by atoms with E-state index in [1.165, 1.54) is 17.3 Å². The van der Waals surface area contributed by atoms with Crippen LogP contribution in [0.15, 0.2) is 58.5 Å². The number of thioether (sulfide) groups is 1. The zero-order valence-corrected chi connectivity index (χ0v) is 18.4. The Kier molecular flexibility index (Phi) is 7.65. The van der Waals surface area contributed by atoms with Crippen LogP contribution in [0.2, 0.25) is 0 Å². The number of rotatable bonds is 9. The fraction of sp³-hybridized carbons (Fsp3) is 0.348. The van der Waals surface area contributed by atoms with Gasteiger partial charge < -0.3 is 9.64 Å². The van der Waals surface area contributed by atoms with Gasteiger partial charge in [0, 0.05) is 33.9 Å². The third kappa shape index (κ3) is 5.49. The van der Waals surface area contributed by atoms with Gasteiger partial charge in [-0.15, -0.1) is 0 Å². The van der Waals surface area contributed by atoms with E-state index in [0.717, 1.165) is 5.56 Å². The molecule has 6 nitrogen and oxygen atoms in total. The Balaban J connectivity index is 1.74. The number of methoxy groups -OCH3 is 1. The highest BCUT2D eigenvalue weighted by Gasteiger charge is 2.15. The van der Waals surface area contributed by atoms with Gasteiger partial charge in [-0.25, -0.2) is 4.98 Å². The van der Waals surface area contributed by atoms with Crippen molar-refractivity contribution >= 4 is 28.6 Å². The van der Waals surface area contributed by atoms with E-state index in [0.29, 0.717) is 42.2 Å². The highest BCUT2D eigenvalue weighted by atomic mass is 32.2. The monoisotopic (exact) mass is 425 g/mol. The average Bonchev–Trinajstić information content (AvgIpc) is 2.75. The first-order valence-electron chi connectivity index (χ1n) is 9.90. The molecule has 0 N–H and O–H groups in total. The minimum Gasteiger partial charge on any atom is -0.385 e. The van der Waals surface area contributed by atoms with Gasteiger partial charge in [-0.1, -0.05) is 53.7 Å². The lowest BCUT2D eigenvalue weighted by atomic mass is 10.1. The van der Waals surface area contributed by atoms with Crippen LogP contribution < -0.4 is 5.56 Å². The molecular weight excluding hydrogens is 398 g/mol. The summed E-state index contributed by atoms with van der Waals surface area (Å²) in [5.74, 6) is 0.212. The van der Waals surface area contributed by atoms with Crippen LogP contribution in [-0.4, -0.2) is 46.9 Å². The van der Waals surface area contributed by atoms with E-state index in [-0.39, 0.29) is 17.2 Å². The first-order valence-corrected chi connectivity index (χ1v) is 10.9. The number of nitrogens with zero attached hydrogens (tertiary/aromatic N) is 3. The Bertz CT molecular complexity index is 1060. The molecular formula is C23H27N3O3S. The van der Waals surface area contributed by atoms with Gasteiger partial charge >= 0.3 is 0 Å². The van der Waals surface area contributed by atoms with Crippen LogP contribution in [-0.2, 0) is 22.6 Å². The third-order valence-electron chi connectivity index (χ3n) is 4.85. The normalized spacial score (nSPS) is 11.0. The van der Waals surface area contributed by atoms with Gasteiger partial charge in [-0.2, -0.15) is 0 Å². The molecule has 2 aromatic carbocycles. The van der Waals surface area contributed by atoms with E-state index in [4.69, 9.17) is 4.74 Å². The van der Waals surface area contributed by atoms with Gasteiger partial charge in [0.1, 0.15) is 0 Å². The molecule has 0 saturated carbocycles. The van der Waals surface area contributed by atoms with E-state index in [1.54, 1.807) is 29.7 Å². The number of carbonyl (C=O) groups is 1. The van der Waals surface area contributed by atoms with E-state index in [2.05, 4.69) is 4.98 Å². The first kappa shape index (κ1) is 22.1. The lowest BCUT2D eigenvalue weighted by Crippen LogP contribution is -2.29. The molecule has 0 saturated heterocycles. The standard InChI is InChI=1S/C23H27N3O3S/c1-17-9-11-18(12-10-17)15-25(2)21(27)16-30-23-24-20-8-5-4-7-19(20)22(28)26(23)13-6-14-29-3/h4-5,7-12H,6,13-16H2,1-3H3. The van der Waals surface area contributed by atoms with Crippen molar-refractivity contribution in [2.75, 3.05) is 26.5 Å². The van der Waals surface area contributed by atoms with Gasteiger partial charge in [-0.3, -0.25) is 14.2 Å². The van der Waals surface area contributed by atoms with Crippen LogP contribution in [0.25, 0.3) is 10.9 Å². The molecule has 0 spiro atoms. The number of amides is 1. The number of hydrogen-bond donors (Lipinski definition) is 0. The van der Waals surface area contributed by atoms with Crippen molar-refractivity contribution in [1.29, 1.82) is 0 Å². The van der Waals surface area contributed by atoms with Gasteiger partial charge in [0.25, 0.3) is 5.56 Å². The fourth-order valence-electron chi connectivity index (χ4n) is 3.11. The zero-order chi connectivity index (χ0) is 21.5. The summed E-state index contributed by atoms with van der Waals surface area (Å²) in [7, 11) is 3.43. The highest BCUT2D eigenvalue weighted by Crippen LogP contribution is 2.19. The summed E-state index contributed by atoms with van der Waals surface area (Å²) in [5, 5.41) is 1.15. The zero-order valence-electron chi connectivity index (χ0n) is 17.6. The van der Waals surface area contributed by atoms with Crippen LogP contribution in [0, 0.1) is 6.92 Å². The Morgan fingerprint density at radius 3 is 2.63 bits per heavy atom. The highest BCUT2D eigenvalue weighted by molar-refractivity contribution is 7.99. The summed E-state index contributed by atoms with van der Waals surface area (Å²) >= 11 is 1.30. The van der Waals surface area contributed by atoms with Gasteiger partial charge in [0.2, 0.25) is 5.91 Å². The maximum absolute atomic E-state index is 13.0. The Morgan fingerprint density at radius 1 is 1.17 bits per heavy atom. The topological polar surface area (TPSA) is 64.4 Å². The summed E-state index contributed by atoms with van der Waals surface area (Å²) < 4.78 is 6.77. The SMILES string of the molecule is COCCCn1c(SCC(=O)N(C)Cc2ccc(C)cc2)nc2ccccc2c1=O. The first-order chi connectivity index (χ1) is 14.5. The fourth-order valence-corrected chi connectivity index (χ4v) is 4.08. The second-order valence-electron chi connectivity index (χ2n) is 7.24. The average molecular weight is 426 g/mol. The van der Waals surface area contributed by atoms with Crippen molar-refractivity contribution in [3.05, 3.63) is 70.0 Å².